The number of anilines is 1. The van der Waals surface area contributed by atoms with Crippen LogP contribution in [0.15, 0.2) is 18.2 Å². The molecule has 0 bridgehead atoms. The molecule has 0 spiro atoms. The van der Waals surface area contributed by atoms with E-state index in [1.54, 1.807) is 7.11 Å². The van der Waals surface area contributed by atoms with Crippen LogP contribution in [0.25, 0.3) is 0 Å². The number of ether oxygens (including phenoxy) is 1. The zero-order valence-corrected chi connectivity index (χ0v) is 10.00. The number of para-hydroxylation sites is 1. The second-order valence-electron chi connectivity index (χ2n) is 3.97. The van der Waals surface area contributed by atoms with E-state index in [-0.39, 0.29) is 23.1 Å². The van der Waals surface area contributed by atoms with Crippen molar-refractivity contribution in [1.82, 2.24) is 5.32 Å². The van der Waals surface area contributed by atoms with Gasteiger partial charge < -0.3 is 15.8 Å². The van der Waals surface area contributed by atoms with Crippen LogP contribution in [-0.4, -0.2) is 26.2 Å². The predicted octanol–water partition coefficient (Wildman–Crippen LogP) is 1.42. The second-order valence-corrected chi connectivity index (χ2v) is 3.97. The second kappa shape index (κ2) is 6.20. The molecular formula is C12H17FN2O2. The molecule has 0 fully saturated rings. The lowest BCUT2D eigenvalue weighted by Gasteiger charge is -2.12. The summed E-state index contributed by atoms with van der Waals surface area (Å²) >= 11 is 0. The Bertz CT molecular complexity index is 396. The fourth-order valence-electron chi connectivity index (χ4n) is 1.44. The highest BCUT2D eigenvalue weighted by molar-refractivity contribution is 5.99. The maximum absolute atomic E-state index is 13.1. The number of amides is 1. The van der Waals surface area contributed by atoms with Crippen molar-refractivity contribution in [2.75, 3.05) is 26.0 Å². The smallest absolute Gasteiger partial charge is 0.253 e. The van der Waals surface area contributed by atoms with Crippen LogP contribution >= 0.6 is 0 Å². The lowest BCUT2D eigenvalue weighted by atomic mass is 10.1. The molecule has 1 rings (SSSR count). The number of nitrogen functional groups attached to an aromatic ring is 1. The van der Waals surface area contributed by atoms with Gasteiger partial charge in [-0.25, -0.2) is 4.39 Å². The Morgan fingerprint density at radius 2 is 2.29 bits per heavy atom. The van der Waals surface area contributed by atoms with Crippen LogP contribution in [0.5, 0.6) is 0 Å². The van der Waals surface area contributed by atoms with Gasteiger partial charge in [0, 0.05) is 13.7 Å². The molecule has 0 aliphatic rings. The van der Waals surface area contributed by atoms with Crippen molar-refractivity contribution in [2.45, 2.75) is 6.92 Å². The average molecular weight is 240 g/mol. The molecule has 3 N–H and O–H groups in total. The normalized spacial score (nSPS) is 12.2. The standard InChI is InChI=1S/C12H17FN2O2/c1-8(7-17-2)6-15-12(16)9-4-3-5-10(13)11(9)14/h3-5,8H,6-7,14H2,1-2H3,(H,15,16). The molecule has 1 aromatic rings. The molecule has 94 valence electrons. The van der Waals surface area contributed by atoms with Gasteiger partial charge in [-0.3, -0.25) is 4.79 Å². The van der Waals surface area contributed by atoms with Crippen molar-refractivity contribution in [2.24, 2.45) is 5.92 Å². The van der Waals surface area contributed by atoms with Crippen LogP contribution in [0.3, 0.4) is 0 Å². The topological polar surface area (TPSA) is 64.3 Å². The molecular weight excluding hydrogens is 223 g/mol. The van der Waals surface area contributed by atoms with Crippen molar-refractivity contribution >= 4 is 11.6 Å². The van der Waals surface area contributed by atoms with Crippen molar-refractivity contribution < 1.29 is 13.9 Å². The van der Waals surface area contributed by atoms with Crippen molar-refractivity contribution in [3.63, 3.8) is 0 Å². The molecule has 0 aromatic heterocycles. The van der Waals surface area contributed by atoms with Gasteiger partial charge in [-0.15, -0.1) is 0 Å². The first kappa shape index (κ1) is 13.4. The van der Waals surface area contributed by atoms with Gasteiger partial charge in [0.15, 0.2) is 0 Å². The summed E-state index contributed by atoms with van der Waals surface area (Å²) in [5.41, 5.74) is 5.53. The maximum Gasteiger partial charge on any atom is 0.253 e. The Morgan fingerprint density at radius 1 is 1.59 bits per heavy atom. The monoisotopic (exact) mass is 240 g/mol. The fraction of sp³-hybridized carbons (Fsp3) is 0.417. The number of hydrogen-bond donors (Lipinski definition) is 2. The summed E-state index contributed by atoms with van der Waals surface area (Å²) in [5.74, 6) is -0.758. The summed E-state index contributed by atoms with van der Waals surface area (Å²) in [6.45, 7) is 2.96. The van der Waals surface area contributed by atoms with Crippen LogP contribution in [0.1, 0.15) is 17.3 Å². The number of hydrogen-bond acceptors (Lipinski definition) is 3. The minimum Gasteiger partial charge on any atom is -0.396 e. The first-order valence-corrected chi connectivity index (χ1v) is 5.37. The third kappa shape index (κ3) is 3.71. The van der Waals surface area contributed by atoms with Gasteiger partial charge in [-0.05, 0) is 18.1 Å². The zero-order chi connectivity index (χ0) is 12.8. The summed E-state index contributed by atoms with van der Waals surface area (Å²) in [6.07, 6.45) is 0. The van der Waals surface area contributed by atoms with E-state index < -0.39 is 5.82 Å². The van der Waals surface area contributed by atoms with Crippen LogP contribution in [0.2, 0.25) is 0 Å². The minimum absolute atomic E-state index is 0.121. The van der Waals surface area contributed by atoms with Gasteiger partial charge >= 0.3 is 0 Å². The number of benzene rings is 1. The highest BCUT2D eigenvalue weighted by Gasteiger charge is 2.13. The number of halogens is 1. The molecule has 0 radical (unpaired) electrons. The molecule has 0 saturated heterocycles. The molecule has 4 nitrogen and oxygen atoms in total. The summed E-state index contributed by atoms with van der Waals surface area (Å²) in [4.78, 5) is 11.7. The summed E-state index contributed by atoms with van der Waals surface area (Å²) in [7, 11) is 1.60. The Balaban J connectivity index is 2.61. The van der Waals surface area contributed by atoms with Gasteiger partial charge in [0.05, 0.1) is 17.9 Å². The molecule has 0 aliphatic carbocycles. The lowest BCUT2D eigenvalue weighted by molar-refractivity contribution is 0.0934. The molecule has 0 heterocycles. The Labute approximate surface area is 100.0 Å². The number of rotatable bonds is 5. The zero-order valence-electron chi connectivity index (χ0n) is 10.00. The first-order chi connectivity index (χ1) is 8.06. The average Bonchev–Trinajstić information content (AvgIpc) is 2.30. The van der Waals surface area contributed by atoms with E-state index in [1.807, 2.05) is 6.92 Å². The molecule has 5 heteroatoms. The van der Waals surface area contributed by atoms with E-state index in [2.05, 4.69) is 5.32 Å². The summed E-state index contributed by atoms with van der Waals surface area (Å²) < 4.78 is 18.1. The van der Waals surface area contributed by atoms with E-state index in [9.17, 15) is 9.18 Å². The van der Waals surface area contributed by atoms with Gasteiger partial charge in [0.2, 0.25) is 0 Å². The largest absolute Gasteiger partial charge is 0.396 e. The number of carbonyl (C=O) groups is 1. The highest BCUT2D eigenvalue weighted by atomic mass is 19.1. The van der Waals surface area contributed by atoms with E-state index in [0.717, 1.165) is 0 Å². The number of carbonyl (C=O) groups excluding carboxylic acids is 1. The molecule has 17 heavy (non-hydrogen) atoms. The Hall–Kier alpha value is -1.62. The minimum atomic E-state index is -0.581. The number of methoxy groups -OCH3 is 1. The van der Waals surface area contributed by atoms with E-state index in [0.29, 0.717) is 13.2 Å². The van der Waals surface area contributed by atoms with Gasteiger partial charge in [-0.2, -0.15) is 0 Å². The first-order valence-electron chi connectivity index (χ1n) is 5.37. The predicted molar refractivity (Wildman–Crippen MR) is 64.2 cm³/mol. The van der Waals surface area contributed by atoms with Gasteiger partial charge in [0.25, 0.3) is 5.91 Å². The molecule has 1 atom stereocenters. The van der Waals surface area contributed by atoms with E-state index >= 15 is 0 Å². The Morgan fingerprint density at radius 3 is 2.94 bits per heavy atom. The maximum atomic E-state index is 13.1. The van der Waals surface area contributed by atoms with Gasteiger partial charge in [-0.1, -0.05) is 13.0 Å². The molecule has 0 aliphatic heterocycles. The van der Waals surface area contributed by atoms with Crippen molar-refractivity contribution in [1.29, 1.82) is 0 Å². The van der Waals surface area contributed by atoms with Gasteiger partial charge in [0.1, 0.15) is 5.82 Å². The summed E-state index contributed by atoms with van der Waals surface area (Å²) in [5, 5.41) is 2.69. The highest BCUT2D eigenvalue weighted by Crippen LogP contribution is 2.15. The molecule has 1 unspecified atom stereocenters. The SMILES string of the molecule is COCC(C)CNC(=O)c1cccc(F)c1N. The third-order valence-corrected chi connectivity index (χ3v) is 2.36. The van der Waals surface area contributed by atoms with E-state index in [1.165, 1.54) is 18.2 Å². The Kier molecular flexibility index (Phi) is 4.90. The van der Waals surface area contributed by atoms with Crippen LogP contribution in [0, 0.1) is 11.7 Å². The number of nitrogens with one attached hydrogen (secondary N) is 1. The van der Waals surface area contributed by atoms with E-state index in [4.69, 9.17) is 10.5 Å². The van der Waals surface area contributed by atoms with Crippen LogP contribution in [0.4, 0.5) is 10.1 Å². The lowest BCUT2D eigenvalue weighted by Crippen LogP contribution is -2.30. The molecule has 1 aromatic carbocycles. The van der Waals surface area contributed by atoms with Crippen LogP contribution in [-0.2, 0) is 4.74 Å². The third-order valence-electron chi connectivity index (χ3n) is 2.36. The fourth-order valence-corrected chi connectivity index (χ4v) is 1.44. The molecule has 0 saturated carbocycles. The summed E-state index contributed by atoms with van der Waals surface area (Å²) in [6, 6.07) is 4.17. The number of nitrogens with two attached hydrogens (primary N) is 1. The van der Waals surface area contributed by atoms with Crippen molar-refractivity contribution in [3.05, 3.63) is 29.6 Å². The quantitative estimate of drug-likeness (QED) is 0.765. The van der Waals surface area contributed by atoms with Crippen molar-refractivity contribution in [3.8, 4) is 0 Å². The molecule has 1 amide bonds. The van der Waals surface area contributed by atoms with Crippen LogP contribution < -0.4 is 11.1 Å².